The lowest BCUT2D eigenvalue weighted by Crippen LogP contribution is -2.51. The van der Waals surface area contributed by atoms with Crippen LogP contribution in [0.15, 0.2) is 35.7 Å². The van der Waals surface area contributed by atoms with Gasteiger partial charge in [0.05, 0.1) is 35.9 Å². The van der Waals surface area contributed by atoms with Gasteiger partial charge in [-0.15, -0.1) is 11.3 Å². The van der Waals surface area contributed by atoms with Crippen LogP contribution in [0.4, 0.5) is 0 Å². The van der Waals surface area contributed by atoms with Gasteiger partial charge in [-0.3, -0.25) is 4.79 Å². The maximum absolute atomic E-state index is 12.7. The minimum Gasteiger partial charge on any atom is -0.374 e. The molecule has 0 spiro atoms. The van der Waals surface area contributed by atoms with Crippen molar-refractivity contribution in [2.75, 3.05) is 13.2 Å². The first kappa shape index (κ1) is 15.8. The molecule has 1 amide bonds. The molecule has 4 rings (SSSR count). The molecular formula is C19H22N2O2S. The van der Waals surface area contributed by atoms with Crippen molar-refractivity contribution in [3.05, 3.63) is 52.0 Å². The van der Waals surface area contributed by atoms with Gasteiger partial charge in [0.15, 0.2) is 0 Å². The molecule has 0 radical (unpaired) electrons. The molecule has 2 atom stereocenters. The van der Waals surface area contributed by atoms with Gasteiger partial charge in [-0.25, -0.2) is 4.98 Å². The summed E-state index contributed by atoms with van der Waals surface area (Å²) in [4.78, 5) is 19.4. The summed E-state index contributed by atoms with van der Waals surface area (Å²) in [5.41, 5.74) is 2.16. The molecule has 1 saturated carbocycles. The van der Waals surface area contributed by atoms with Crippen LogP contribution in [-0.2, 0) is 22.4 Å². The van der Waals surface area contributed by atoms with Crippen LogP contribution >= 0.6 is 11.3 Å². The van der Waals surface area contributed by atoms with Gasteiger partial charge in [0.2, 0.25) is 5.91 Å². The Morgan fingerprint density at radius 3 is 3.04 bits per heavy atom. The van der Waals surface area contributed by atoms with Crippen LogP contribution in [0.25, 0.3) is 0 Å². The van der Waals surface area contributed by atoms with Crippen LogP contribution in [0.1, 0.15) is 35.5 Å². The number of hydrogen-bond acceptors (Lipinski definition) is 4. The highest BCUT2D eigenvalue weighted by molar-refractivity contribution is 7.09. The fraction of sp³-hybridized carbons (Fsp3) is 0.474. The fourth-order valence-corrected chi connectivity index (χ4v) is 4.60. The van der Waals surface area contributed by atoms with Gasteiger partial charge >= 0.3 is 0 Å². The van der Waals surface area contributed by atoms with Gasteiger partial charge in [-0.2, -0.15) is 0 Å². The summed E-state index contributed by atoms with van der Waals surface area (Å²) >= 11 is 1.65. The van der Waals surface area contributed by atoms with E-state index in [1.54, 1.807) is 11.3 Å². The highest BCUT2D eigenvalue weighted by Crippen LogP contribution is 2.30. The van der Waals surface area contributed by atoms with Crippen LogP contribution in [0.5, 0.6) is 0 Å². The van der Waals surface area contributed by atoms with E-state index in [1.807, 2.05) is 28.5 Å². The summed E-state index contributed by atoms with van der Waals surface area (Å²) in [6.45, 7) is 1.39. The van der Waals surface area contributed by atoms with Gasteiger partial charge in [0.25, 0.3) is 0 Å². The lowest BCUT2D eigenvalue weighted by molar-refractivity contribution is -0.143. The van der Waals surface area contributed by atoms with E-state index < -0.39 is 0 Å². The normalized spacial score (nSPS) is 23.2. The fourth-order valence-electron chi connectivity index (χ4n) is 3.77. The Balaban J connectivity index is 1.39. The number of thiazole rings is 1. The molecule has 1 aliphatic carbocycles. The number of ether oxygens (including phenoxy) is 1. The third-order valence-corrected chi connectivity index (χ3v) is 5.83. The van der Waals surface area contributed by atoms with Crippen molar-refractivity contribution < 1.29 is 9.53 Å². The van der Waals surface area contributed by atoms with Crippen LogP contribution in [-0.4, -0.2) is 41.1 Å². The molecule has 2 fully saturated rings. The molecule has 1 aromatic heterocycles. The van der Waals surface area contributed by atoms with E-state index in [9.17, 15) is 4.79 Å². The van der Waals surface area contributed by atoms with E-state index >= 15 is 0 Å². The summed E-state index contributed by atoms with van der Waals surface area (Å²) in [6.07, 6.45) is 4.83. The lowest BCUT2D eigenvalue weighted by atomic mass is 10.1. The molecule has 1 saturated heterocycles. The van der Waals surface area contributed by atoms with Crippen molar-refractivity contribution in [1.82, 2.24) is 9.88 Å². The Kier molecular flexibility index (Phi) is 4.63. The van der Waals surface area contributed by atoms with E-state index in [0.29, 0.717) is 13.0 Å². The zero-order valence-electron chi connectivity index (χ0n) is 13.7. The molecule has 2 aliphatic rings. The molecule has 24 heavy (non-hydrogen) atoms. The van der Waals surface area contributed by atoms with E-state index in [4.69, 9.17) is 4.74 Å². The molecule has 5 heteroatoms. The van der Waals surface area contributed by atoms with Crippen molar-refractivity contribution in [2.24, 2.45) is 0 Å². The van der Waals surface area contributed by atoms with Crippen molar-refractivity contribution in [1.29, 1.82) is 0 Å². The third kappa shape index (κ3) is 3.37. The molecule has 2 aromatic rings. The first-order valence-electron chi connectivity index (χ1n) is 8.68. The topological polar surface area (TPSA) is 42.4 Å². The average Bonchev–Trinajstić information content (AvgIpc) is 3.24. The maximum atomic E-state index is 12.7. The van der Waals surface area contributed by atoms with Crippen molar-refractivity contribution in [3.63, 3.8) is 0 Å². The van der Waals surface area contributed by atoms with Crippen LogP contribution < -0.4 is 0 Å². The average molecular weight is 342 g/mol. The molecule has 0 bridgehead atoms. The number of morpholine rings is 1. The SMILES string of the molecule is O=C(Cc1csc(Cc2ccccc2)n1)N1CCO[C@@H]2CCC[C@@H]21. The number of rotatable bonds is 4. The lowest BCUT2D eigenvalue weighted by Gasteiger charge is -2.37. The molecular weight excluding hydrogens is 320 g/mol. The van der Waals surface area contributed by atoms with Crippen LogP contribution in [0.3, 0.4) is 0 Å². The maximum Gasteiger partial charge on any atom is 0.229 e. The summed E-state index contributed by atoms with van der Waals surface area (Å²) in [5.74, 6) is 0.201. The number of hydrogen-bond donors (Lipinski definition) is 0. The minimum absolute atomic E-state index is 0.201. The van der Waals surface area contributed by atoms with E-state index in [1.165, 1.54) is 5.56 Å². The summed E-state index contributed by atoms with van der Waals surface area (Å²) in [5, 5.41) is 3.10. The Labute approximate surface area is 146 Å². The van der Waals surface area contributed by atoms with Gasteiger partial charge in [0, 0.05) is 18.3 Å². The smallest absolute Gasteiger partial charge is 0.229 e. The Morgan fingerprint density at radius 2 is 2.17 bits per heavy atom. The number of aromatic nitrogens is 1. The molecule has 0 unspecified atom stereocenters. The van der Waals surface area contributed by atoms with E-state index in [0.717, 1.165) is 42.9 Å². The summed E-state index contributed by atoms with van der Waals surface area (Å²) < 4.78 is 5.80. The predicted molar refractivity (Wildman–Crippen MR) is 94.2 cm³/mol. The highest BCUT2D eigenvalue weighted by atomic mass is 32.1. The van der Waals surface area contributed by atoms with Gasteiger partial charge < -0.3 is 9.64 Å². The van der Waals surface area contributed by atoms with Crippen LogP contribution in [0.2, 0.25) is 0 Å². The quantitative estimate of drug-likeness (QED) is 0.858. The molecule has 0 N–H and O–H groups in total. The second kappa shape index (κ2) is 7.03. The number of fused-ring (bicyclic) bond motifs is 1. The molecule has 2 heterocycles. The first-order valence-corrected chi connectivity index (χ1v) is 9.56. The molecule has 126 valence electrons. The Bertz CT molecular complexity index is 700. The van der Waals surface area contributed by atoms with Crippen molar-refractivity contribution >= 4 is 17.2 Å². The summed E-state index contributed by atoms with van der Waals surface area (Å²) in [6, 6.07) is 10.6. The molecule has 1 aromatic carbocycles. The zero-order valence-corrected chi connectivity index (χ0v) is 14.5. The van der Waals surface area contributed by atoms with E-state index in [2.05, 4.69) is 17.1 Å². The summed E-state index contributed by atoms with van der Waals surface area (Å²) in [7, 11) is 0. The Hall–Kier alpha value is -1.72. The minimum atomic E-state index is 0.201. The molecule has 1 aliphatic heterocycles. The zero-order chi connectivity index (χ0) is 16.4. The third-order valence-electron chi connectivity index (χ3n) is 4.93. The van der Waals surface area contributed by atoms with Gasteiger partial charge in [0.1, 0.15) is 0 Å². The van der Waals surface area contributed by atoms with E-state index in [-0.39, 0.29) is 18.1 Å². The predicted octanol–water partition coefficient (Wildman–Crippen LogP) is 3.06. The largest absolute Gasteiger partial charge is 0.374 e. The van der Waals surface area contributed by atoms with Crippen molar-refractivity contribution in [2.45, 2.75) is 44.2 Å². The van der Waals surface area contributed by atoms with Crippen LogP contribution in [0, 0.1) is 0 Å². The van der Waals surface area contributed by atoms with Gasteiger partial charge in [-0.1, -0.05) is 30.3 Å². The van der Waals surface area contributed by atoms with Crippen molar-refractivity contribution in [3.8, 4) is 0 Å². The first-order chi connectivity index (χ1) is 11.8. The number of amides is 1. The standard InChI is InChI=1S/C19H22N2O2S/c22-19(21-9-10-23-17-8-4-7-16(17)21)12-15-13-24-18(20-15)11-14-5-2-1-3-6-14/h1-3,5-6,13,16-17H,4,7-12H2/t16-,17+/m0/s1. The number of benzene rings is 1. The second-order valence-electron chi connectivity index (χ2n) is 6.57. The molecule has 4 nitrogen and oxygen atoms in total. The second-order valence-corrected chi connectivity index (χ2v) is 7.51. The number of carbonyl (C=O) groups excluding carboxylic acids is 1. The van der Waals surface area contributed by atoms with Gasteiger partial charge in [-0.05, 0) is 24.8 Å². The monoisotopic (exact) mass is 342 g/mol. The highest BCUT2D eigenvalue weighted by Gasteiger charge is 2.38. The number of nitrogens with zero attached hydrogens (tertiary/aromatic N) is 2. The Morgan fingerprint density at radius 1 is 1.29 bits per heavy atom. The number of carbonyl (C=O) groups is 1.